The first-order valence-electron chi connectivity index (χ1n) is 3.85. The van der Waals surface area contributed by atoms with Crippen LogP contribution in [0, 0.1) is 16.7 Å². The number of carbonyl (C=O) groups excluding carboxylic acids is 2. The van der Waals surface area contributed by atoms with E-state index in [0.29, 0.717) is 0 Å². The molecular weight excluding hydrogens is 140 g/mol. The van der Waals surface area contributed by atoms with Crippen LogP contribution in [0.5, 0.6) is 0 Å². The molecule has 0 saturated heterocycles. The van der Waals surface area contributed by atoms with E-state index < -0.39 is 5.41 Å². The SMILES string of the molecule is CC(=O)[C@@]1(C)C(C=O)C1(C)C. The summed E-state index contributed by atoms with van der Waals surface area (Å²) in [6, 6.07) is 0. The summed E-state index contributed by atoms with van der Waals surface area (Å²) < 4.78 is 0. The second-order valence-electron chi connectivity index (χ2n) is 4.09. The number of carbonyl (C=O) groups is 2. The van der Waals surface area contributed by atoms with E-state index in [1.54, 1.807) is 6.92 Å². The molecule has 0 bridgehead atoms. The van der Waals surface area contributed by atoms with Crippen molar-refractivity contribution in [1.82, 2.24) is 0 Å². The van der Waals surface area contributed by atoms with Crippen LogP contribution in [0.4, 0.5) is 0 Å². The quantitative estimate of drug-likeness (QED) is 0.564. The van der Waals surface area contributed by atoms with Crippen LogP contribution in [0.2, 0.25) is 0 Å². The summed E-state index contributed by atoms with van der Waals surface area (Å²) >= 11 is 0. The third-order valence-corrected chi connectivity index (χ3v) is 3.52. The molecule has 1 fully saturated rings. The first-order chi connectivity index (χ1) is 4.89. The molecule has 1 aliphatic carbocycles. The highest BCUT2D eigenvalue weighted by molar-refractivity contribution is 5.92. The van der Waals surface area contributed by atoms with E-state index in [1.807, 2.05) is 20.8 Å². The highest BCUT2D eigenvalue weighted by Crippen LogP contribution is 2.67. The van der Waals surface area contributed by atoms with Gasteiger partial charge in [-0.25, -0.2) is 0 Å². The van der Waals surface area contributed by atoms with E-state index in [2.05, 4.69) is 0 Å². The third-order valence-electron chi connectivity index (χ3n) is 3.52. The van der Waals surface area contributed by atoms with Crippen molar-refractivity contribution in [2.45, 2.75) is 27.7 Å². The van der Waals surface area contributed by atoms with Crippen molar-refractivity contribution in [2.24, 2.45) is 16.7 Å². The average Bonchev–Trinajstić information content (AvgIpc) is 2.29. The van der Waals surface area contributed by atoms with Gasteiger partial charge in [-0.2, -0.15) is 0 Å². The minimum Gasteiger partial charge on any atom is -0.303 e. The maximum Gasteiger partial charge on any atom is 0.136 e. The zero-order valence-corrected chi connectivity index (χ0v) is 7.47. The smallest absolute Gasteiger partial charge is 0.136 e. The molecule has 0 radical (unpaired) electrons. The highest BCUT2D eigenvalue weighted by Gasteiger charge is 2.70. The van der Waals surface area contributed by atoms with E-state index in [0.717, 1.165) is 6.29 Å². The third kappa shape index (κ3) is 0.725. The standard InChI is InChI=1S/C9H14O2/c1-6(11)9(4)7(5-10)8(9,2)3/h5,7H,1-4H3/t7?,9-/m0/s1. The molecule has 2 heteroatoms. The Morgan fingerprint density at radius 3 is 1.91 bits per heavy atom. The molecule has 0 spiro atoms. The van der Waals surface area contributed by atoms with E-state index in [9.17, 15) is 9.59 Å². The van der Waals surface area contributed by atoms with Crippen LogP contribution < -0.4 is 0 Å². The molecule has 2 atom stereocenters. The molecule has 1 rings (SSSR count). The number of ketones is 1. The van der Waals surface area contributed by atoms with Crippen LogP contribution in [-0.2, 0) is 9.59 Å². The molecule has 0 amide bonds. The number of hydrogen-bond donors (Lipinski definition) is 0. The van der Waals surface area contributed by atoms with Crippen molar-refractivity contribution in [3.8, 4) is 0 Å². The Morgan fingerprint density at radius 2 is 1.82 bits per heavy atom. The topological polar surface area (TPSA) is 34.1 Å². The van der Waals surface area contributed by atoms with Crippen LogP contribution in [0.15, 0.2) is 0 Å². The van der Waals surface area contributed by atoms with Gasteiger partial charge in [-0.3, -0.25) is 4.79 Å². The van der Waals surface area contributed by atoms with Crippen molar-refractivity contribution in [1.29, 1.82) is 0 Å². The van der Waals surface area contributed by atoms with Gasteiger partial charge in [0.05, 0.1) is 0 Å². The molecule has 0 aromatic carbocycles. The summed E-state index contributed by atoms with van der Waals surface area (Å²) in [5, 5.41) is 0. The van der Waals surface area contributed by atoms with Gasteiger partial charge < -0.3 is 4.79 Å². The van der Waals surface area contributed by atoms with Crippen LogP contribution >= 0.6 is 0 Å². The van der Waals surface area contributed by atoms with Gasteiger partial charge in [-0.15, -0.1) is 0 Å². The van der Waals surface area contributed by atoms with Gasteiger partial charge in [0.15, 0.2) is 0 Å². The fraction of sp³-hybridized carbons (Fsp3) is 0.778. The molecule has 62 valence electrons. The van der Waals surface area contributed by atoms with Gasteiger partial charge in [0.1, 0.15) is 12.1 Å². The maximum atomic E-state index is 11.2. The van der Waals surface area contributed by atoms with Gasteiger partial charge in [-0.1, -0.05) is 20.8 Å². The molecule has 0 aromatic heterocycles. The van der Waals surface area contributed by atoms with Gasteiger partial charge in [0.25, 0.3) is 0 Å². The Hall–Kier alpha value is -0.660. The predicted molar refractivity (Wildman–Crippen MR) is 42.1 cm³/mol. The summed E-state index contributed by atoms with van der Waals surface area (Å²) in [5.74, 6) is 0.0482. The van der Waals surface area contributed by atoms with Crippen molar-refractivity contribution >= 4 is 12.1 Å². The largest absolute Gasteiger partial charge is 0.303 e. The first-order valence-corrected chi connectivity index (χ1v) is 3.85. The molecule has 1 unspecified atom stereocenters. The lowest BCUT2D eigenvalue weighted by Crippen LogP contribution is -2.14. The number of Topliss-reactive ketones (excluding diaryl/α,β-unsaturated/α-hetero) is 1. The van der Waals surface area contributed by atoms with Crippen LogP contribution in [-0.4, -0.2) is 12.1 Å². The normalized spacial score (nSPS) is 39.8. The fourth-order valence-electron chi connectivity index (χ4n) is 2.00. The van der Waals surface area contributed by atoms with Crippen molar-refractivity contribution < 1.29 is 9.59 Å². The van der Waals surface area contributed by atoms with Crippen LogP contribution in [0.1, 0.15) is 27.7 Å². The first kappa shape index (κ1) is 8.44. The summed E-state index contributed by atoms with van der Waals surface area (Å²) in [4.78, 5) is 21.7. The summed E-state index contributed by atoms with van der Waals surface area (Å²) in [6.45, 7) is 7.36. The van der Waals surface area contributed by atoms with Gasteiger partial charge >= 0.3 is 0 Å². The molecule has 2 nitrogen and oxygen atoms in total. The molecule has 0 aromatic rings. The fourth-order valence-corrected chi connectivity index (χ4v) is 2.00. The van der Waals surface area contributed by atoms with Crippen LogP contribution in [0.25, 0.3) is 0 Å². The van der Waals surface area contributed by atoms with E-state index in [-0.39, 0.29) is 17.1 Å². The van der Waals surface area contributed by atoms with Crippen LogP contribution in [0.3, 0.4) is 0 Å². The minimum absolute atomic E-state index is 0.0764. The summed E-state index contributed by atoms with van der Waals surface area (Å²) in [6.07, 6.45) is 0.904. The Kier molecular flexibility index (Phi) is 1.48. The van der Waals surface area contributed by atoms with Gasteiger partial charge in [-0.05, 0) is 12.3 Å². The number of hydrogen-bond acceptors (Lipinski definition) is 2. The molecule has 11 heavy (non-hydrogen) atoms. The number of rotatable bonds is 2. The lowest BCUT2D eigenvalue weighted by molar-refractivity contribution is -0.124. The van der Waals surface area contributed by atoms with Crippen molar-refractivity contribution in [3.63, 3.8) is 0 Å². The Balaban J connectivity index is 2.95. The lowest BCUT2D eigenvalue weighted by atomic mass is 9.94. The molecule has 0 N–H and O–H groups in total. The van der Waals surface area contributed by atoms with E-state index in [4.69, 9.17) is 0 Å². The van der Waals surface area contributed by atoms with Crippen molar-refractivity contribution in [2.75, 3.05) is 0 Å². The maximum absolute atomic E-state index is 11.2. The number of aldehydes is 1. The van der Waals surface area contributed by atoms with Gasteiger partial charge in [0.2, 0.25) is 0 Å². The Bertz CT molecular complexity index is 218. The second kappa shape index (κ2) is 1.93. The molecule has 1 saturated carbocycles. The van der Waals surface area contributed by atoms with E-state index in [1.165, 1.54) is 0 Å². The predicted octanol–water partition coefficient (Wildman–Crippen LogP) is 1.44. The zero-order chi connectivity index (χ0) is 8.86. The minimum atomic E-state index is -0.394. The summed E-state index contributed by atoms with van der Waals surface area (Å²) in [7, 11) is 0. The second-order valence-corrected chi connectivity index (χ2v) is 4.09. The Morgan fingerprint density at radius 1 is 1.36 bits per heavy atom. The highest BCUT2D eigenvalue weighted by atomic mass is 16.1. The molecule has 1 aliphatic rings. The summed E-state index contributed by atoms with van der Waals surface area (Å²) in [5.41, 5.74) is -0.519. The van der Waals surface area contributed by atoms with Crippen molar-refractivity contribution in [3.05, 3.63) is 0 Å². The molecule has 0 heterocycles. The zero-order valence-electron chi connectivity index (χ0n) is 7.47. The molecular formula is C9H14O2. The van der Waals surface area contributed by atoms with Gasteiger partial charge in [0, 0.05) is 11.3 Å². The monoisotopic (exact) mass is 154 g/mol. The Labute approximate surface area is 67.0 Å². The average molecular weight is 154 g/mol. The molecule has 0 aliphatic heterocycles. The van der Waals surface area contributed by atoms with E-state index >= 15 is 0 Å². The lowest BCUT2D eigenvalue weighted by Gasteiger charge is -2.08.